The summed E-state index contributed by atoms with van der Waals surface area (Å²) < 4.78 is 4.77. The summed E-state index contributed by atoms with van der Waals surface area (Å²) in [6.45, 7) is 0. The van der Waals surface area contributed by atoms with E-state index in [0.29, 0.717) is 21.4 Å². The molecule has 2 aromatic carbocycles. The zero-order valence-electron chi connectivity index (χ0n) is 14.5. The summed E-state index contributed by atoms with van der Waals surface area (Å²) in [5.74, 6) is -2.94. The predicted octanol–water partition coefficient (Wildman–Crippen LogP) is 2.90. The highest BCUT2D eigenvalue weighted by Crippen LogP contribution is 2.40. The summed E-state index contributed by atoms with van der Waals surface area (Å²) in [6.07, 6.45) is 0. The lowest BCUT2D eigenvalue weighted by Crippen LogP contribution is -2.39. The van der Waals surface area contributed by atoms with Crippen molar-refractivity contribution in [3.8, 4) is 0 Å². The zero-order valence-corrected chi connectivity index (χ0v) is 16.0. The van der Waals surface area contributed by atoms with Gasteiger partial charge in [0, 0.05) is 5.02 Å². The van der Waals surface area contributed by atoms with Crippen molar-refractivity contribution < 1.29 is 19.1 Å². The number of ether oxygens (including phenoxy) is 1. The first-order valence-corrected chi connectivity index (χ1v) is 9.03. The van der Waals surface area contributed by atoms with Crippen LogP contribution in [0.25, 0.3) is 0 Å². The fourth-order valence-electron chi connectivity index (χ4n) is 3.37. The van der Waals surface area contributed by atoms with Gasteiger partial charge in [-0.15, -0.1) is 0 Å². The van der Waals surface area contributed by atoms with Gasteiger partial charge in [-0.2, -0.15) is 5.10 Å². The van der Waals surface area contributed by atoms with Crippen LogP contribution in [0.1, 0.15) is 0 Å². The number of hydrazone groups is 1. The monoisotopic (exact) mass is 417 g/mol. The van der Waals surface area contributed by atoms with Crippen LogP contribution < -0.4 is 9.91 Å². The van der Waals surface area contributed by atoms with Crippen LogP contribution in [0.2, 0.25) is 10.0 Å². The van der Waals surface area contributed by atoms with E-state index < -0.39 is 29.7 Å². The van der Waals surface area contributed by atoms with Crippen molar-refractivity contribution in [3.05, 3.63) is 58.6 Å². The molecule has 7 nitrogen and oxygen atoms in total. The molecule has 9 heteroatoms. The molecule has 0 aliphatic carbocycles. The maximum Gasteiger partial charge on any atom is 0.355 e. The fraction of sp³-hybridized carbons (Fsp3) is 0.158. The first-order valence-electron chi connectivity index (χ1n) is 8.28. The van der Waals surface area contributed by atoms with Gasteiger partial charge in [0.1, 0.15) is 12.0 Å². The highest BCUT2D eigenvalue weighted by Gasteiger charge is 2.59. The molecular weight excluding hydrogens is 405 g/mol. The number of fused-ring (bicyclic) bond motifs is 1. The average molecular weight is 418 g/mol. The number of halogens is 2. The largest absolute Gasteiger partial charge is 0.464 e. The molecule has 1 fully saturated rings. The van der Waals surface area contributed by atoms with E-state index >= 15 is 0 Å². The molecule has 142 valence electrons. The van der Waals surface area contributed by atoms with E-state index in [-0.39, 0.29) is 5.71 Å². The normalized spacial score (nSPS) is 21.0. The van der Waals surface area contributed by atoms with E-state index in [1.54, 1.807) is 48.5 Å². The van der Waals surface area contributed by atoms with Crippen LogP contribution in [0, 0.1) is 5.92 Å². The lowest BCUT2D eigenvalue weighted by atomic mass is 9.98. The standard InChI is InChI=1S/C19H13Cl2N3O4/c1-28-19(27)15-14-16(24(22-15)13-5-3-2-4-12(13)21)18(26)23(17(14)25)11-8-6-10(20)7-9-11/h2-9,14,16H,1H3/t14-,16+/m1/s1. The Kier molecular flexibility index (Phi) is 4.56. The third kappa shape index (κ3) is 2.75. The molecule has 0 N–H and O–H groups in total. The number of rotatable bonds is 3. The summed E-state index contributed by atoms with van der Waals surface area (Å²) >= 11 is 12.2. The predicted molar refractivity (Wildman–Crippen MR) is 105 cm³/mol. The molecule has 0 saturated carbocycles. The van der Waals surface area contributed by atoms with Crippen LogP contribution in [0.15, 0.2) is 53.6 Å². The molecule has 2 amide bonds. The van der Waals surface area contributed by atoms with Crippen LogP contribution in [-0.2, 0) is 19.1 Å². The Morgan fingerprint density at radius 2 is 1.71 bits per heavy atom. The molecular formula is C19H13Cl2N3O4. The van der Waals surface area contributed by atoms with Gasteiger partial charge in [-0.3, -0.25) is 9.59 Å². The van der Waals surface area contributed by atoms with Crippen molar-refractivity contribution >= 4 is 58.1 Å². The summed E-state index contributed by atoms with van der Waals surface area (Å²) in [5, 5.41) is 6.34. The Hall–Kier alpha value is -2.90. The van der Waals surface area contributed by atoms with Crippen LogP contribution in [0.4, 0.5) is 11.4 Å². The van der Waals surface area contributed by atoms with Gasteiger partial charge in [-0.1, -0.05) is 35.3 Å². The number of methoxy groups -OCH3 is 1. The second-order valence-electron chi connectivity index (χ2n) is 6.18. The smallest absolute Gasteiger partial charge is 0.355 e. The minimum atomic E-state index is -1.09. The molecule has 0 aromatic heterocycles. The minimum Gasteiger partial charge on any atom is -0.464 e. The number of carbonyl (C=O) groups is 3. The molecule has 2 aliphatic rings. The fourth-order valence-corrected chi connectivity index (χ4v) is 3.72. The third-order valence-corrected chi connectivity index (χ3v) is 5.20. The van der Waals surface area contributed by atoms with Gasteiger partial charge in [0.05, 0.1) is 23.5 Å². The maximum absolute atomic E-state index is 13.2. The van der Waals surface area contributed by atoms with Gasteiger partial charge in [-0.25, -0.2) is 14.7 Å². The second-order valence-corrected chi connectivity index (χ2v) is 7.03. The Morgan fingerprint density at radius 1 is 1.04 bits per heavy atom. The molecule has 0 spiro atoms. The highest BCUT2D eigenvalue weighted by atomic mass is 35.5. The number of para-hydroxylation sites is 1. The van der Waals surface area contributed by atoms with E-state index in [2.05, 4.69) is 5.10 Å². The summed E-state index contributed by atoms with van der Waals surface area (Å²) in [6, 6.07) is 12.0. The molecule has 2 heterocycles. The number of anilines is 2. The molecule has 1 saturated heterocycles. The highest BCUT2D eigenvalue weighted by molar-refractivity contribution is 6.47. The zero-order chi connectivity index (χ0) is 20.0. The Labute approximate surface area is 170 Å². The summed E-state index contributed by atoms with van der Waals surface area (Å²) in [5.41, 5.74) is 0.636. The van der Waals surface area contributed by atoms with Gasteiger partial charge < -0.3 is 4.74 Å². The van der Waals surface area contributed by atoms with E-state index in [1.807, 2.05) is 0 Å². The van der Waals surface area contributed by atoms with E-state index in [0.717, 1.165) is 4.90 Å². The average Bonchev–Trinajstić information content (AvgIpc) is 3.20. The van der Waals surface area contributed by atoms with Crippen molar-refractivity contribution in [2.24, 2.45) is 11.0 Å². The molecule has 0 unspecified atom stereocenters. The van der Waals surface area contributed by atoms with Crippen LogP contribution in [0.3, 0.4) is 0 Å². The van der Waals surface area contributed by atoms with Crippen molar-refractivity contribution in [2.45, 2.75) is 6.04 Å². The molecule has 0 bridgehead atoms. The summed E-state index contributed by atoms with van der Waals surface area (Å²) in [7, 11) is 1.19. The maximum atomic E-state index is 13.2. The molecule has 0 radical (unpaired) electrons. The Bertz CT molecular complexity index is 1020. The number of amides is 2. The Balaban J connectivity index is 1.82. The van der Waals surface area contributed by atoms with Crippen molar-refractivity contribution in [3.63, 3.8) is 0 Å². The van der Waals surface area contributed by atoms with Gasteiger partial charge in [0.2, 0.25) is 5.91 Å². The van der Waals surface area contributed by atoms with E-state index in [9.17, 15) is 14.4 Å². The van der Waals surface area contributed by atoms with E-state index in [4.69, 9.17) is 27.9 Å². The van der Waals surface area contributed by atoms with Crippen molar-refractivity contribution in [1.82, 2.24) is 0 Å². The van der Waals surface area contributed by atoms with Gasteiger partial charge in [0.25, 0.3) is 5.91 Å². The number of benzene rings is 2. The SMILES string of the molecule is COC(=O)C1=NN(c2ccccc2Cl)[C@@H]2C(=O)N(c3ccc(Cl)cc3)C(=O)[C@H]12. The number of imide groups is 1. The van der Waals surface area contributed by atoms with Gasteiger partial charge >= 0.3 is 5.97 Å². The number of hydrogen-bond donors (Lipinski definition) is 0. The quantitative estimate of drug-likeness (QED) is 0.566. The van der Waals surface area contributed by atoms with Crippen LogP contribution >= 0.6 is 23.2 Å². The first kappa shape index (κ1) is 18.5. The molecule has 28 heavy (non-hydrogen) atoms. The molecule has 2 aromatic rings. The lowest BCUT2D eigenvalue weighted by Gasteiger charge is -2.22. The minimum absolute atomic E-state index is 0.137. The molecule has 2 atom stereocenters. The van der Waals surface area contributed by atoms with E-state index in [1.165, 1.54) is 12.1 Å². The lowest BCUT2D eigenvalue weighted by molar-refractivity contribution is -0.133. The number of esters is 1. The Morgan fingerprint density at radius 3 is 2.36 bits per heavy atom. The van der Waals surface area contributed by atoms with Crippen LogP contribution in [0.5, 0.6) is 0 Å². The topological polar surface area (TPSA) is 79.3 Å². The number of nitrogens with zero attached hydrogens (tertiary/aromatic N) is 3. The molecule has 2 aliphatic heterocycles. The summed E-state index contributed by atoms with van der Waals surface area (Å²) in [4.78, 5) is 39.6. The molecule has 4 rings (SSSR count). The van der Waals surface area contributed by atoms with Crippen molar-refractivity contribution in [2.75, 3.05) is 17.0 Å². The number of hydrogen-bond acceptors (Lipinski definition) is 6. The third-order valence-electron chi connectivity index (χ3n) is 4.63. The second kappa shape index (κ2) is 6.92. The van der Waals surface area contributed by atoms with Crippen LogP contribution in [-0.4, -0.2) is 36.6 Å². The van der Waals surface area contributed by atoms with Gasteiger partial charge in [0.15, 0.2) is 5.71 Å². The first-order chi connectivity index (χ1) is 13.4. The van der Waals surface area contributed by atoms with Crippen molar-refractivity contribution in [1.29, 1.82) is 0 Å². The van der Waals surface area contributed by atoms with Gasteiger partial charge in [-0.05, 0) is 36.4 Å². The number of carbonyl (C=O) groups excluding carboxylic acids is 3.